The molecule has 0 spiro atoms. The zero-order valence-electron chi connectivity index (χ0n) is 13.3. The number of aryl methyl sites for hydroxylation is 2. The summed E-state index contributed by atoms with van der Waals surface area (Å²) in [5.41, 5.74) is 2.53. The lowest BCUT2D eigenvalue weighted by Crippen LogP contribution is -2.24. The molecule has 1 heterocycles. The maximum atomic E-state index is 11.8. The van der Waals surface area contributed by atoms with Gasteiger partial charge in [-0.1, -0.05) is 18.2 Å². The molecule has 0 saturated carbocycles. The minimum absolute atomic E-state index is 0.149. The number of carbonyl (C=O) groups is 1. The van der Waals surface area contributed by atoms with E-state index < -0.39 is 0 Å². The van der Waals surface area contributed by atoms with Crippen molar-refractivity contribution in [3.8, 4) is 0 Å². The minimum Gasteiger partial charge on any atom is -0.378 e. The van der Waals surface area contributed by atoms with Gasteiger partial charge in [0.25, 0.3) is 0 Å². The Morgan fingerprint density at radius 2 is 1.91 bits per heavy atom. The van der Waals surface area contributed by atoms with Crippen LogP contribution in [0.3, 0.4) is 0 Å². The third-order valence-corrected chi connectivity index (χ3v) is 4.53. The van der Waals surface area contributed by atoms with Gasteiger partial charge < -0.3 is 10.2 Å². The Labute approximate surface area is 137 Å². The van der Waals surface area contributed by atoms with Crippen LogP contribution in [0.15, 0.2) is 41.8 Å². The van der Waals surface area contributed by atoms with Crippen molar-refractivity contribution >= 4 is 22.9 Å². The Bertz CT molecular complexity index is 561. The number of benzene rings is 1. The zero-order chi connectivity index (χ0) is 15.8. The monoisotopic (exact) mass is 316 g/mol. The average molecular weight is 316 g/mol. The van der Waals surface area contributed by atoms with Crippen molar-refractivity contribution in [2.75, 3.05) is 25.5 Å². The second-order valence-corrected chi connectivity index (χ2v) is 6.63. The zero-order valence-corrected chi connectivity index (χ0v) is 14.2. The van der Waals surface area contributed by atoms with Crippen molar-refractivity contribution in [3.63, 3.8) is 0 Å². The molecule has 0 unspecified atom stereocenters. The lowest BCUT2D eigenvalue weighted by atomic mass is 10.1. The van der Waals surface area contributed by atoms with Crippen LogP contribution in [0.1, 0.15) is 23.3 Å². The first-order valence-electron chi connectivity index (χ1n) is 7.70. The van der Waals surface area contributed by atoms with E-state index >= 15 is 0 Å². The quantitative estimate of drug-likeness (QED) is 0.756. The molecule has 0 radical (unpaired) electrons. The summed E-state index contributed by atoms with van der Waals surface area (Å²) in [4.78, 5) is 15.1. The van der Waals surface area contributed by atoms with E-state index in [1.54, 1.807) is 11.3 Å². The molecular formula is C18H24N2OS. The number of hydrogen-bond donors (Lipinski definition) is 1. The highest BCUT2D eigenvalue weighted by molar-refractivity contribution is 7.09. The van der Waals surface area contributed by atoms with E-state index in [-0.39, 0.29) is 5.91 Å². The molecule has 2 rings (SSSR count). The van der Waals surface area contributed by atoms with E-state index in [1.807, 2.05) is 20.2 Å². The second-order valence-electron chi connectivity index (χ2n) is 5.59. The molecule has 0 saturated heterocycles. The van der Waals surface area contributed by atoms with Crippen LogP contribution in [0.4, 0.5) is 5.69 Å². The first-order valence-corrected chi connectivity index (χ1v) is 8.58. The molecule has 1 aromatic carbocycles. The molecule has 118 valence electrons. The fourth-order valence-electron chi connectivity index (χ4n) is 2.26. The number of anilines is 1. The Morgan fingerprint density at radius 3 is 2.55 bits per heavy atom. The number of nitrogens with zero attached hydrogens (tertiary/aromatic N) is 1. The van der Waals surface area contributed by atoms with E-state index in [4.69, 9.17) is 0 Å². The van der Waals surface area contributed by atoms with Crippen LogP contribution in [0.5, 0.6) is 0 Å². The van der Waals surface area contributed by atoms with Gasteiger partial charge in [0.2, 0.25) is 5.91 Å². The largest absolute Gasteiger partial charge is 0.378 e. The molecule has 0 atom stereocenters. The van der Waals surface area contributed by atoms with E-state index in [1.165, 1.54) is 16.1 Å². The van der Waals surface area contributed by atoms with Crippen LogP contribution >= 0.6 is 11.3 Å². The molecule has 3 nitrogen and oxygen atoms in total. The molecule has 1 aromatic heterocycles. The minimum atomic E-state index is 0.149. The number of hydrogen-bond acceptors (Lipinski definition) is 3. The van der Waals surface area contributed by atoms with E-state index in [0.29, 0.717) is 6.42 Å². The molecular weight excluding hydrogens is 292 g/mol. The van der Waals surface area contributed by atoms with Gasteiger partial charge >= 0.3 is 0 Å². The summed E-state index contributed by atoms with van der Waals surface area (Å²) in [5, 5.41) is 5.05. The number of thiophene rings is 1. The Balaban J connectivity index is 1.61. The van der Waals surface area contributed by atoms with Crippen LogP contribution in [0.2, 0.25) is 0 Å². The van der Waals surface area contributed by atoms with Crippen molar-refractivity contribution in [2.24, 2.45) is 0 Å². The maximum Gasteiger partial charge on any atom is 0.220 e. The van der Waals surface area contributed by atoms with Crippen molar-refractivity contribution in [1.82, 2.24) is 5.32 Å². The molecule has 0 aliphatic rings. The van der Waals surface area contributed by atoms with Gasteiger partial charge in [0.15, 0.2) is 0 Å². The molecule has 0 aliphatic carbocycles. The van der Waals surface area contributed by atoms with Crippen molar-refractivity contribution in [3.05, 3.63) is 52.2 Å². The Hall–Kier alpha value is -1.81. The third-order valence-electron chi connectivity index (χ3n) is 3.60. The smallest absolute Gasteiger partial charge is 0.220 e. The van der Waals surface area contributed by atoms with Crippen LogP contribution < -0.4 is 10.2 Å². The van der Waals surface area contributed by atoms with Gasteiger partial charge in [0.05, 0.1) is 0 Å². The number of amides is 1. The molecule has 4 heteroatoms. The average Bonchev–Trinajstić information content (AvgIpc) is 3.03. The summed E-state index contributed by atoms with van der Waals surface area (Å²) in [6.07, 6.45) is 3.40. The topological polar surface area (TPSA) is 32.3 Å². The molecule has 2 aromatic rings. The third kappa shape index (κ3) is 5.53. The van der Waals surface area contributed by atoms with Crippen LogP contribution in [-0.4, -0.2) is 26.5 Å². The van der Waals surface area contributed by atoms with Crippen LogP contribution in [0, 0.1) is 0 Å². The maximum absolute atomic E-state index is 11.8. The molecule has 1 N–H and O–H groups in total. The fourth-order valence-corrected chi connectivity index (χ4v) is 2.97. The van der Waals surface area contributed by atoms with E-state index in [9.17, 15) is 4.79 Å². The van der Waals surface area contributed by atoms with Crippen molar-refractivity contribution in [2.45, 2.75) is 25.7 Å². The SMILES string of the molecule is CN(C)c1ccc(CCCNC(=O)CCc2cccs2)cc1. The Morgan fingerprint density at radius 1 is 1.14 bits per heavy atom. The molecule has 22 heavy (non-hydrogen) atoms. The van der Waals surface area contributed by atoms with Gasteiger partial charge in [0.1, 0.15) is 0 Å². The van der Waals surface area contributed by atoms with Crippen molar-refractivity contribution < 1.29 is 4.79 Å². The summed E-state index contributed by atoms with van der Waals surface area (Å²) >= 11 is 1.71. The van der Waals surface area contributed by atoms with E-state index in [0.717, 1.165) is 25.8 Å². The summed E-state index contributed by atoms with van der Waals surface area (Å²) in [5.74, 6) is 0.149. The normalized spacial score (nSPS) is 10.5. The highest BCUT2D eigenvalue weighted by Gasteiger charge is 2.02. The number of carbonyl (C=O) groups excluding carboxylic acids is 1. The van der Waals surface area contributed by atoms with Gasteiger partial charge in [0, 0.05) is 37.6 Å². The molecule has 0 fully saturated rings. The van der Waals surface area contributed by atoms with Gasteiger partial charge in [-0.05, 0) is 48.4 Å². The Kier molecular flexibility index (Phi) is 6.46. The first-order chi connectivity index (χ1) is 10.6. The van der Waals surface area contributed by atoms with E-state index in [2.05, 4.69) is 45.9 Å². The predicted molar refractivity (Wildman–Crippen MR) is 94.7 cm³/mol. The molecule has 0 bridgehead atoms. The number of rotatable bonds is 8. The van der Waals surface area contributed by atoms with Gasteiger partial charge in [-0.3, -0.25) is 4.79 Å². The van der Waals surface area contributed by atoms with Gasteiger partial charge in [-0.15, -0.1) is 11.3 Å². The molecule has 1 amide bonds. The second kappa shape index (κ2) is 8.59. The lowest BCUT2D eigenvalue weighted by Gasteiger charge is -2.12. The van der Waals surface area contributed by atoms with Gasteiger partial charge in [-0.2, -0.15) is 0 Å². The summed E-state index contributed by atoms with van der Waals surface area (Å²) in [6.45, 7) is 0.749. The number of nitrogens with one attached hydrogen (secondary N) is 1. The fraction of sp³-hybridized carbons (Fsp3) is 0.389. The highest BCUT2D eigenvalue weighted by atomic mass is 32.1. The standard InChI is InChI=1S/C18H24N2OS/c1-20(2)16-9-7-15(8-10-16)5-3-13-19-18(21)12-11-17-6-4-14-22-17/h4,6-10,14H,3,5,11-13H2,1-2H3,(H,19,21). The van der Waals surface area contributed by atoms with Crippen molar-refractivity contribution in [1.29, 1.82) is 0 Å². The van der Waals surface area contributed by atoms with Crippen LogP contribution in [-0.2, 0) is 17.6 Å². The highest BCUT2D eigenvalue weighted by Crippen LogP contribution is 2.13. The summed E-state index contributed by atoms with van der Waals surface area (Å²) in [6, 6.07) is 12.7. The van der Waals surface area contributed by atoms with Gasteiger partial charge in [-0.25, -0.2) is 0 Å². The lowest BCUT2D eigenvalue weighted by molar-refractivity contribution is -0.121. The summed E-state index contributed by atoms with van der Waals surface area (Å²) < 4.78 is 0. The molecule has 0 aliphatic heterocycles. The predicted octanol–water partition coefficient (Wildman–Crippen LogP) is 3.50. The first kappa shape index (κ1) is 16.6. The van der Waals surface area contributed by atoms with Crippen LogP contribution in [0.25, 0.3) is 0 Å². The summed E-state index contributed by atoms with van der Waals surface area (Å²) in [7, 11) is 4.08.